The van der Waals surface area contributed by atoms with E-state index in [1.807, 2.05) is 6.92 Å². The number of rotatable bonds is 4. The minimum Gasteiger partial charge on any atom is -0.469 e. The zero-order valence-corrected chi connectivity index (χ0v) is 9.99. The van der Waals surface area contributed by atoms with Gasteiger partial charge in [-0.25, -0.2) is 0 Å². The van der Waals surface area contributed by atoms with E-state index in [-0.39, 0.29) is 12.1 Å². The summed E-state index contributed by atoms with van der Waals surface area (Å²) in [7, 11) is 1.40. The first-order chi connectivity index (χ1) is 7.76. The van der Waals surface area contributed by atoms with Crippen LogP contribution >= 0.6 is 0 Å². The molecule has 1 unspecified atom stereocenters. The van der Waals surface area contributed by atoms with Crippen molar-refractivity contribution in [1.82, 2.24) is 4.90 Å². The molecule has 16 heavy (non-hydrogen) atoms. The van der Waals surface area contributed by atoms with Crippen molar-refractivity contribution < 1.29 is 14.3 Å². The van der Waals surface area contributed by atoms with E-state index >= 15 is 0 Å². The van der Waals surface area contributed by atoms with Gasteiger partial charge in [0, 0.05) is 26.1 Å². The van der Waals surface area contributed by atoms with Gasteiger partial charge in [0.15, 0.2) is 0 Å². The summed E-state index contributed by atoms with van der Waals surface area (Å²) in [6, 6.07) is 0. The summed E-state index contributed by atoms with van der Waals surface area (Å²) in [5.74, 6) is 5.71. The molecule has 1 saturated heterocycles. The first-order valence-corrected chi connectivity index (χ1v) is 5.56. The fraction of sp³-hybridized carbons (Fsp3) is 0.750. The lowest BCUT2D eigenvalue weighted by Gasteiger charge is -2.31. The predicted molar refractivity (Wildman–Crippen MR) is 60.9 cm³/mol. The average Bonchev–Trinajstić information content (AvgIpc) is 2.30. The summed E-state index contributed by atoms with van der Waals surface area (Å²) in [4.78, 5) is 13.4. The molecule has 90 valence electrons. The van der Waals surface area contributed by atoms with Crippen LogP contribution in [0.1, 0.15) is 19.8 Å². The van der Waals surface area contributed by atoms with Gasteiger partial charge in [0.1, 0.15) is 0 Å². The SMILES string of the molecule is CC#CCCN1CCOC(CC(=O)OC)C1. The van der Waals surface area contributed by atoms with Crippen molar-refractivity contribution in [3.8, 4) is 11.8 Å². The van der Waals surface area contributed by atoms with Crippen LogP contribution in [0.4, 0.5) is 0 Å². The van der Waals surface area contributed by atoms with Crippen LogP contribution in [0.3, 0.4) is 0 Å². The number of carbonyl (C=O) groups is 1. The number of nitrogens with zero attached hydrogens (tertiary/aromatic N) is 1. The third-order valence-corrected chi connectivity index (χ3v) is 2.57. The zero-order chi connectivity index (χ0) is 11.8. The summed E-state index contributed by atoms with van der Waals surface area (Å²) < 4.78 is 10.1. The van der Waals surface area contributed by atoms with Crippen molar-refractivity contribution in [3.05, 3.63) is 0 Å². The van der Waals surface area contributed by atoms with Gasteiger partial charge in [-0.15, -0.1) is 11.8 Å². The van der Waals surface area contributed by atoms with Crippen molar-refractivity contribution in [2.24, 2.45) is 0 Å². The third kappa shape index (κ3) is 4.65. The summed E-state index contributed by atoms with van der Waals surface area (Å²) in [5.41, 5.74) is 0. The van der Waals surface area contributed by atoms with Crippen LogP contribution in [0.5, 0.6) is 0 Å². The standard InChI is InChI=1S/C12H19NO3/c1-3-4-5-6-13-7-8-16-11(10-13)9-12(14)15-2/h11H,5-10H2,1-2H3. The molecular formula is C12H19NO3. The largest absolute Gasteiger partial charge is 0.469 e. The minimum absolute atomic E-state index is 0.0317. The molecule has 1 rings (SSSR count). The number of ether oxygens (including phenoxy) is 2. The maximum Gasteiger partial charge on any atom is 0.308 e. The molecule has 0 amide bonds. The van der Waals surface area contributed by atoms with Gasteiger partial charge in [-0.05, 0) is 6.92 Å². The number of methoxy groups -OCH3 is 1. The van der Waals surface area contributed by atoms with Crippen molar-refractivity contribution in [2.45, 2.75) is 25.9 Å². The molecule has 4 nitrogen and oxygen atoms in total. The monoisotopic (exact) mass is 225 g/mol. The van der Waals surface area contributed by atoms with Crippen LogP contribution in [-0.2, 0) is 14.3 Å². The predicted octanol–water partition coefficient (Wildman–Crippen LogP) is 0.664. The molecule has 0 aromatic carbocycles. The molecule has 4 heteroatoms. The van der Waals surface area contributed by atoms with Gasteiger partial charge < -0.3 is 9.47 Å². The highest BCUT2D eigenvalue weighted by molar-refractivity contribution is 5.69. The topological polar surface area (TPSA) is 38.8 Å². The molecule has 0 aliphatic carbocycles. The van der Waals surface area contributed by atoms with Crippen LogP contribution < -0.4 is 0 Å². The van der Waals surface area contributed by atoms with Crippen LogP contribution in [-0.4, -0.2) is 50.3 Å². The van der Waals surface area contributed by atoms with Gasteiger partial charge in [-0.1, -0.05) is 0 Å². The van der Waals surface area contributed by atoms with Gasteiger partial charge in [-0.2, -0.15) is 0 Å². The Balaban J connectivity index is 2.28. The van der Waals surface area contributed by atoms with E-state index in [9.17, 15) is 4.79 Å². The Labute approximate surface area is 96.9 Å². The van der Waals surface area contributed by atoms with E-state index in [1.165, 1.54) is 7.11 Å². The molecule has 1 fully saturated rings. The Morgan fingerprint density at radius 3 is 3.12 bits per heavy atom. The molecule has 1 heterocycles. The van der Waals surface area contributed by atoms with E-state index in [0.29, 0.717) is 13.0 Å². The quantitative estimate of drug-likeness (QED) is 0.520. The maximum atomic E-state index is 11.1. The fourth-order valence-corrected chi connectivity index (χ4v) is 1.72. The number of carbonyl (C=O) groups excluding carboxylic acids is 1. The molecule has 0 radical (unpaired) electrons. The highest BCUT2D eigenvalue weighted by atomic mass is 16.5. The smallest absolute Gasteiger partial charge is 0.308 e. The summed E-state index contributed by atoms with van der Waals surface area (Å²) >= 11 is 0. The Morgan fingerprint density at radius 2 is 2.44 bits per heavy atom. The van der Waals surface area contributed by atoms with E-state index < -0.39 is 0 Å². The van der Waals surface area contributed by atoms with Crippen LogP contribution in [0.25, 0.3) is 0 Å². The zero-order valence-electron chi connectivity index (χ0n) is 9.99. The summed E-state index contributed by atoms with van der Waals surface area (Å²) in [6.45, 7) is 5.19. The van der Waals surface area contributed by atoms with Gasteiger partial charge in [-0.3, -0.25) is 9.69 Å². The number of morpholine rings is 1. The molecule has 1 aliphatic rings. The van der Waals surface area contributed by atoms with E-state index in [2.05, 4.69) is 21.5 Å². The number of esters is 1. The van der Waals surface area contributed by atoms with Crippen molar-refractivity contribution in [1.29, 1.82) is 0 Å². The highest BCUT2D eigenvalue weighted by Gasteiger charge is 2.22. The highest BCUT2D eigenvalue weighted by Crippen LogP contribution is 2.09. The van der Waals surface area contributed by atoms with Gasteiger partial charge >= 0.3 is 5.97 Å². The minimum atomic E-state index is -0.208. The molecule has 1 atom stereocenters. The fourth-order valence-electron chi connectivity index (χ4n) is 1.72. The Bertz CT molecular complexity index is 280. The van der Waals surface area contributed by atoms with Crippen LogP contribution in [0.15, 0.2) is 0 Å². The molecule has 0 aromatic rings. The summed E-state index contributed by atoms with van der Waals surface area (Å²) in [6.07, 6.45) is 1.18. The van der Waals surface area contributed by atoms with Crippen molar-refractivity contribution in [3.63, 3.8) is 0 Å². The average molecular weight is 225 g/mol. The third-order valence-electron chi connectivity index (χ3n) is 2.57. The molecular weight excluding hydrogens is 206 g/mol. The molecule has 0 bridgehead atoms. The molecule has 1 aliphatic heterocycles. The van der Waals surface area contributed by atoms with Crippen LogP contribution in [0.2, 0.25) is 0 Å². The number of hydrogen-bond acceptors (Lipinski definition) is 4. The van der Waals surface area contributed by atoms with Crippen molar-refractivity contribution in [2.75, 3.05) is 33.4 Å². The molecule has 0 saturated carbocycles. The second kappa shape index (κ2) is 7.26. The first kappa shape index (κ1) is 13.0. The Kier molecular flexibility index (Phi) is 5.91. The lowest BCUT2D eigenvalue weighted by Crippen LogP contribution is -2.43. The first-order valence-electron chi connectivity index (χ1n) is 5.56. The lowest BCUT2D eigenvalue weighted by atomic mass is 10.2. The molecule has 0 spiro atoms. The summed E-state index contributed by atoms with van der Waals surface area (Å²) in [5, 5.41) is 0. The Hall–Kier alpha value is -1.05. The second-order valence-electron chi connectivity index (χ2n) is 3.75. The van der Waals surface area contributed by atoms with Gasteiger partial charge in [0.2, 0.25) is 0 Å². The van der Waals surface area contributed by atoms with E-state index in [1.54, 1.807) is 0 Å². The van der Waals surface area contributed by atoms with Crippen LogP contribution in [0, 0.1) is 11.8 Å². The van der Waals surface area contributed by atoms with Crippen molar-refractivity contribution >= 4 is 5.97 Å². The normalized spacial score (nSPS) is 21.0. The van der Waals surface area contributed by atoms with E-state index in [0.717, 1.165) is 26.1 Å². The second-order valence-corrected chi connectivity index (χ2v) is 3.75. The van der Waals surface area contributed by atoms with Gasteiger partial charge in [0.25, 0.3) is 0 Å². The Morgan fingerprint density at radius 1 is 1.62 bits per heavy atom. The molecule has 0 N–H and O–H groups in total. The molecule has 0 aromatic heterocycles. The maximum absolute atomic E-state index is 11.1. The van der Waals surface area contributed by atoms with Gasteiger partial charge in [0.05, 0.1) is 26.2 Å². The van der Waals surface area contributed by atoms with E-state index in [4.69, 9.17) is 4.74 Å². The number of hydrogen-bond donors (Lipinski definition) is 0. The lowest BCUT2D eigenvalue weighted by molar-refractivity contribution is -0.145.